The van der Waals surface area contributed by atoms with Crippen LogP contribution >= 0.6 is 0 Å². The number of fused-ring (bicyclic) bond motifs is 1. The summed E-state index contributed by atoms with van der Waals surface area (Å²) in [6, 6.07) is 14.8. The first-order valence-electron chi connectivity index (χ1n) is 7.39. The van der Waals surface area contributed by atoms with Gasteiger partial charge in [-0.25, -0.2) is 15.8 Å². The number of para-hydroxylation sites is 2. The fraction of sp³-hybridized carbons (Fsp3) is 0.188. The summed E-state index contributed by atoms with van der Waals surface area (Å²) >= 11 is 0. The van der Waals surface area contributed by atoms with E-state index in [-0.39, 0.29) is 22.8 Å². The smallest absolute Gasteiger partial charge is 0.269 e. The van der Waals surface area contributed by atoms with E-state index in [9.17, 15) is 10.1 Å². The molecule has 2 unspecified atom stereocenters. The second-order valence-corrected chi connectivity index (χ2v) is 5.58. The minimum atomic E-state index is -0.384. The first-order chi connectivity index (χ1) is 11.2. The van der Waals surface area contributed by atoms with Crippen molar-refractivity contribution in [2.75, 3.05) is 0 Å². The Hall–Kier alpha value is -2.77. The topological polar surface area (TPSA) is 85.0 Å². The highest BCUT2D eigenvalue weighted by atomic mass is 16.6. The van der Waals surface area contributed by atoms with Crippen molar-refractivity contribution in [2.24, 2.45) is 0 Å². The van der Waals surface area contributed by atoms with Gasteiger partial charge in [0.15, 0.2) is 0 Å². The Labute approximate surface area is 132 Å². The van der Waals surface area contributed by atoms with Gasteiger partial charge in [0.05, 0.1) is 28.4 Å². The summed E-state index contributed by atoms with van der Waals surface area (Å²) in [6.45, 7) is 0. The average Bonchev–Trinajstić information content (AvgIpc) is 3.21. The van der Waals surface area contributed by atoms with Gasteiger partial charge in [-0.3, -0.25) is 10.1 Å². The summed E-state index contributed by atoms with van der Waals surface area (Å²) in [6.07, 6.45) is 2.75. The molecule has 0 spiro atoms. The number of hydrogen-bond donors (Lipinski definition) is 2. The van der Waals surface area contributed by atoms with Crippen LogP contribution in [0.25, 0.3) is 11.0 Å². The third-order valence-electron chi connectivity index (χ3n) is 4.21. The average molecular weight is 309 g/mol. The molecule has 4 rings (SSSR count). The Balaban J connectivity index is 1.56. The van der Waals surface area contributed by atoms with Crippen molar-refractivity contribution >= 4 is 16.7 Å². The lowest BCUT2D eigenvalue weighted by molar-refractivity contribution is -0.384. The van der Waals surface area contributed by atoms with Crippen LogP contribution in [0.15, 0.2) is 54.9 Å². The van der Waals surface area contributed by atoms with Crippen LogP contribution in [0.4, 0.5) is 5.69 Å². The van der Waals surface area contributed by atoms with Gasteiger partial charge in [-0.2, -0.15) is 0 Å². The number of nitro benzene ring substituents is 1. The zero-order valence-corrected chi connectivity index (χ0v) is 12.2. The lowest BCUT2D eigenvalue weighted by Crippen LogP contribution is -2.29. The molecular weight excluding hydrogens is 294 g/mol. The van der Waals surface area contributed by atoms with Crippen LogP contribution in [0, 0.1) is 10.1 Å². The molecule has 1 saturated heterocycles. The summed E-state index contributed by atoms with van der Waals surface area (Å²) in [5.41, 5.74) is 9.71. The Kier molecular flexibility index (Phi) is 3.29. The van der Waals surface area contributed by atoms with Gasteiger partial charge in [0.1, 0.15) is 0 Å². The molecule has 0 bridgehead atoms. The van der Waals surface area contributed by atoms with Gasteiger partial charge >= 0.3 is 0 Å². The molecule has 23 heavy (non-hydrogen) atoms. The maximum Gasteiger partial charge on any atom is 0.269 e. The third kappa shape index (κ3) is 2.45. The van der Waals surface area contributed by atoms with Gasteiger partial charge in [0, 0.05) is 24.6 Å². The van der Waals surface area contributed by atoms with Gasteiger partial charge < -0.3 is 4.57 Å². The third-order valence-corrected chi connectivity index (χ3v) is 4.21. The molecule has 0 amide bonds. The summed E-state index contributed by atoms with van der Waals surface area (Å²) in [7, 11) is 0. The molecule has 2 heterocycles. The van der Waals surface area contributed by atoms with E-state index in [0.717, 1.165) is 23.0 Å². The molecular formula is C16H15N5O2. The van der Waals surface area contributed by atoms with Crippen LogP contribution < -0.4 is 10.9 Å². The summed E-state index contributed by atoms with van der Waals surface area (Å²) in [5, 5.41) is 10.7. The van der Waals surface area contributed by atoms with Gasteiger partial charge in [-0.05, 0) is 17.7 Å². The fourth-order valence-electron chi connectivity index (χ4n) is 3.00. The van der Waals surface area contributed by atoms with E-state index in [1.807, 2.05) is 30.6 Å². The zero-order valence-electron chi connectivity index (χ0n) is 12.2. The molecule has 2 atom stereocenters. The highest BCUT2D eigenvalue weighted by molar-refractivity contribution is 5.75. The lowest BCUT2D eigenvalue weighted by Gasteiger charge is -2.12. The summed E-state index contributed by atoms with van der Waals surface area (Å²) in [5.74, 6) is 0. The largest absolute Gasteiger partial charge is 0.313 e. The second kappa shape index (κ2) is 5.45. The number of hydrogen-bond acceptors (Lipinski definition) is 5. The lowest BCUT2D eigenvalue weighted by atomic mass is 10.0. The quantitative estimate of drug-likeness (QED) is 0.574. The number of nitro groups is 1. The van der Waals surface area contributed by atoms with E-state index in [4.69, 9.17) is 0 Å². The van der Waals surface area contributed by atoms with Crippen molar-refractivity contribution in [3.8, 4) is 0 Å². The number of imidazole rings is 1. The summed E-state index contributed by atoms with van der Waals surface area (Å²) in [4.78, 5) is 14.8. The van der Waals surface area contributed by atoms with E-state index in [1.54, 1.807) is 12.1 Å². The molecule has 0 aliphatic carbocycles. The predicted molar refractivity (Wildman–Crippen MR) is 85.5 cm³/mol. The molecule has 0 saturated carbocycles. The Bertz CT molecular complexity index is 858. The van der Waals surface area contributed by atoms with E-state index < -0.39 is 0 Å². The second-order valence-electron chi connectivity index (χ2n) is 5.58. The molecule has 1 aromatic heterocycles. The molecule has 2 N–H and O–H groups in total. The zero-order chi connectivity index (χ0) is 15.8. The number of rotatable bonds is 3. The normalized spacial score (nSPS) is 20.9. The SMILES string of the molecule is O=[N+]([O-])c1ccc(C2CC(n3cnc4ccccc43)NN2)cc1. The van der Waals surface area contributed by atoms with E-state index in [1.165, 1.54) is 12.1 Å². The Morgan fingerprint density at radius 2 is 1.91 bits per heavy atom. The van der Waals surface area contributed by atoms with Gasteiger partial charge in [-0.1, -0.05) is 24.3 Å². The number of non-ortho nitro benzene ring substituents is 1. The number of hydrazine groups is 1. The number of aromatic nitrogens is 2. The molecule has 3 aromatic rings. The summed E-state index contributed by atoms with van der Waals surface area (Å²) < 4.78 is 2.10. The first kappa shape index (κ1) is 13.9. The molecule has 1 aliphatic heterocycles. The molecule has 7 nitrogen and oxygen atoms in total. The fourth-order valence-corrected chi connectivity index (χ4v) is 3.00. The first-order valence-corrected chi connectivity index (χ1v) is 7.39. The van der Waals surface area contributed by atoms with Crippen molar-refractivity contribution in [1.82, 2.24) is 20.4 Å². The predicted octanol–water partition coefficient (Wildman–Crippen LogP) is 2.68. The van der Waals surface area contributed by atoms with Crippen molar-refractivity contribution in [3.63, 3.8) is 0 Å². The van der Waals surface area contributed by atoms with Gasteiger partial charge in [-0.15, -0.1) is 0 Å². The Morgan fingerprint density at radius 3 is 2.70 bits per heavy atom. The van der Waals surface area contributed by atoms with E-state index in [2.05, 4.69) is 20.4 Å². The number of benzene rings is 2. The molecule has 2 aromatic carbocycles. The maximum atomic E-state index is 10.7. The van der Waals surface area contributed by atoms with Crippen molar-refractivity contribution in [1.29, 1.82) is 0 Å². The number of nitrogens with one attached hydrogen (secondary N) is 2. The molecule has 1 aliphatic rings. The van der Waals surface area contributed by atoms with Crippen LogP contribution in [0.3, 0.4) is 0 Å². The van der Waals surface area contributed by atoms with Gasteiger partial charge in [0.2, 0.25) is 0 Å². The minimum absolute atomic E-state index is 0.0857. The van der Waals surface area contributed by atoms with Crippen LogP contribution in [-0.4, -0.2) is 14.5 Å². The van der Waals surface area contributed by atoms with Gasteiger partial charge in [0.25, 0.3) is 5.69 Å². The molecule has 7 heteroatoms. The van der Waals surface area contributed by atoms with Crippen molar-refractivity contribution in [2.45, 2.75) is 18.6 Å². The van der Waals surface area contributed by atoms with Crippen molar-refractivity contribution in [3.05, 3.63) is 70.5 Å². The molecule has 0 radical (unpaired) electrons. The van der Waals surface area contributed by atoms with Crippen LogP contribution in [0.1, 0.15) is 24.2 Å². The molecule has 116 valence electrons. The Morgan fingerprint density at radius 1 is 1.13 bits per heavy atom. The van der Waals surface area contributed by atoms with Crippen LogP contribution in [0.5, 0.6) is 0 Å². The standard InChI is InChI=1S/C16H15N5O2/c22-21(23)12-7-5-11(6-8-12)14-9-16(19-18-14)20-10-17-13-3-1-2-4-15(13)20/h1-8,10,14,16,18-19H,9H2. The highest BCUT2D eigenvalue weighted by Crippen LogP contribution is 2.30. The number of nitrogens with zero attached hydrogens (tertiary/aromatic N) is 3. The monoisotopic (exact) mass is 309 g/mol. The molecule has 1 fully saturated rings. The van der Waals surface area contributed by atoms with Crippen LogP contribution in [0.2, 0.25) is 0 Å². The van der Waals surface area contributed by atoms with E-state index in [0.29, 0.717) is 0 Å². The van der Waals surface area contributed by atoms with E-state index >= 15 is 0 Å². The highest BCUT2D eigenvalue weighted by Gasteiger charge is 2.27. The van der Waals surface area contributed by atoms with Crippen molar-refractivity contribution < 1.29 is 4.92 Å². The van der Waals surface area contributed by atoms with Crippen LogP contribution in [-0.2, 0) is 0 Å². The minimum Gasteiger partial charge on any atom is -0.313 e. The maximum absolute atomic E-state index is 10.7.